The molecule has 0 spiro atoms. The lowest BCUT2D eigenvalue weighted by Crippen LogP contribution is -2.48. The van der Waals surface area contributed by atoms with Gasteiger partial charge in [0.1, 0.15) is 17.5 Å². The van der Waals surface area contributed by atoms with Crippen molar-refractivity contribution < 1.29 is 28.2 Å². The number of pyridine rings is 1. The minimum Gasteiger partial charge on any atom is -0.488 e. The smallest absolute Gasteiger partial charge is 0.410 e. The van der Waals surface area contributed by atoms with E-state index in [1.807, 2.05) is 69.4 Å². The minimum absolute atomic E-state index is 0.0172. The normalized spacial score (nSPS) is 15.8. The van der Waals surface area contributed by atoms with Crippen LogP contribution >= 0.6 is 0 Å². The van der Waals surface area contributed by atoms with Crippen molar-refractivity contribution in [2.24, 2.45) is 0 Å². The fraction of sp³-hybridized carbons (Fsp3) is 0.472. The van der Waals surface area contributed by atoms with Gasteiger partial charge in [-0.05, 0) is 98.3 Å². The molecular weight excluding hydrogens is 584 g/mol. The van der Waals surface area contributed by atoms with Gasteiger partial charge in [-0.15, -0.1) is 0 Å². The number of methoxy groups -OCH3 is 1. The van der Waals surface area contributed by atoms with Gasteiger partial charge in [0, 0.05) is 12.4 Å². The van der Waals surface area contributed by atoms with Crippen LogP contribution in [-0.4, -0.2) is 62.2 Å². The lowest BCUT2D eigenvalue weighted by molar-refractivity contribution is 0.00490. The van der Waals surface area contributed by atoms with E-state index in [-0.39, 0.29) is 23.2 Å². The molecule has 1 amide bonds. The van der Waals surface area contributed by atoms with E-state index in [0.29, 0.717) is 18.7 Å². The van der Waals surface area contributed by atoms with Gasteiger partial charge in [0.05, 0.1) is 31.9 Å². The third kappa shape index (κ3) is 8.73. The van der Waals surface area contributed by atoms with Crippen LogP contribution in [0.15, 0.2) is 67.0 Å². The number of esters is 1. The predicted molar refractivity (Wildman–Crippen MR) is 179 cm³/mol. The van der Waals surface area contributed by atoms with E-state index in [4.69, 9.17) is 18.6 Å². The summed E-state index contributed by atoms with van der Waals surface area (Å²) in [7, 11) is -0.825. The predicted octanol–water partition coefficient (Wildman–Crippen LogP) is 8.23. The van der Waals surface area contributed by atoms with E-state index in [0.717, 1.165) is 40.8 Å². The molecule has 0 radical (unpaired) electrons. The average Bonchev–Trinajstić information content (AvgIpc) is 2.98. The number of amides is 1. The Morgan fingerprint density at radius 2 is 1.78 bits per heavy atom. The van der Waals surface area contributed by atoms with E-state index >= 15 is 0 Å². The van der Waals surface area contributed by atoms with Crippen LogP contribution in [0.3, 0.4) is 0 Å². The summed E-state index contributed by atoms with van der Waals surface area (Å²) in [6.45, 7) is 17.3. The molecule has 1 aromatic heterocycles. The quantitative estimate of drug-likeness (QED) is 0.173. The molecule has 2 heterocycles. The van der Waals surface area contributed by atoms with Crippen LogP contribution in [0.5, 0.6) is 5.75 Å². The summed E-state index contributed by atoms with van der Waals surface area (Å²) in [6, 6.07) is 17.3. The van der Waals surface area contributed by atoms with Crippen LogP contribution in [0, 0.1) is 0 Å². The number of hydrogen-bond donors (Lipinski definition) is 0. The Kier molecular flexibility index (Phi) is 10.4. The highest BCUT2D eigenvalue weighted by Gasteiger charge is 2.41. The number of carbonyl (C=O) groups excluding carboxylic acids is 2. The van der Waals surface area contributed by atoms with E-state index < -0.39 is 20.0 Å². The van der Waals surface area contributed by atoms with Crippen LogP contribution in [0.1, 0.15) is 75.6 Å². The summed E-state index contributed by atoms with van der Waals surface area (Å²) < 4.78 is 24.3. The lowest BCUT2D eigenvalue weighted by atomic mass is 9.94. The van der Waals surface area contributed by atoms with Crippen molar-refractivity contribution in [3.63, 3.8) is 0 Å². The number of benzene rings is 2. The third-order valence-corrected chi connectivity index (χ3v) is 13.0. The second kappa shape index (κ2) is 13.7. The summed E-state index contributed by atoms with van der Waals surface area (Å²) in [6.07, 6.45) is 4.03. The first kappa shape index (κ1) is 34.2. The van der Waals surface area contributed by atoms with Gasteiger partial charge in [-0.2, -0.15) is 0 Å². The zero-order valence-electron chi connectivity index (χ0n) is 28.2. The second-order valence-electron chi connectivity index (χ2n) is 14.2. The van der Waals surface area contributed by atoms with Gasteiger partial charge in [0.15, 0.2) is 8.32 Å². The number of fused-ring (bicyclic) bond motifs is 1. The highest BCUT2D eigenvalue weighted by atomic mass is 28.4. The number of aromatic nitrogens is 1. The van der Waals surface area contributed by atoms with Gasteiger partial charge < -0.3 is 23.5 Å². The first-order valence-corrected chi connectivity index (χ1v) is 18.5. The molecule has 45 heavy (non-hydrogen) atoms. The molecule has 1 aliphatic heterocycles. The lowest BCUT2D eigenvalue weighted by Gasteiger charge is -2.41. The Morgan fingerprint density at radius 3 is 2.42 bits per heavy atom. The van der Waals surface area contributed by atoms with Crippen LogP contribution < -0.4 is 4.74 Å². The molecule has 0 unspecified atom stereocenters. The largest absolute Gasteiger partial charge is 0.488 e. The first-order chi connectivity index (χ1) is 21.1. The van der Waals surface area contributed by atoms with Crippen molar-refractivity contribution in [2.75, 3.05) is 20.2 Å². The Labute approximate surface area is 269 Å². The Hall–Kier alpha value is -3.69. The van der Waals surface area contributed by atoms with E-state index in [2.05, 4.69) is 44.9 Å². The van der Waals surface area contributed by atoms with E-state index in [9.17, 15) is 9.59 Å². The second-order valence-corrected chi connectivity index (χ2v) is 18.9. The average molecular weight is 633 g/mol. The number of aryl methyl sites for hydroxylation is 1. The zero-order valence-corrected chi connectivity index (χ0v) is 29.2. The molecular formula is C36H48N2O6Si. The molecule has 2 atom stereocenters. The van der Waals surface area contributed by atoms with Gasteiger partial charge in [-0.3, -0.25) is 4.98 Å². The molecule has 0 bridgehead atoms. The van der Waals surface area contributed by atoms with Crippen LogP contribution in [-0.2, 0) is 20.3 Å². The Morgan fingerprint density at radius 1 is 1.04 bits per heavy atom. The molecule has 0 fully saturated rings. The molecule has 3 aromatic rings. The molecule has 0 N–H and O–H groups in total. The van der Waals surface area contributed by atoms with E-state index in [1.165, 1.54) is 7.11 Å². The van der Waals surface area contributed by atoms with Gasteiger partial charge >= 0.3 is 12.1 Å². The van der Waals surface area contributed by atoms with Crippen molar-refractivity contribution in [3.05, 3.63) is 83.7 Å². The summed E-state index contributed by atoms with van der Waals surface area (Å²) >= 11 is 0. The highest BCUT2D eigenvalue weighted by molar-refractivity contribution is 6.74. The topological polar surface area (TPSA) is 87.2 Å². The summed E-state index contributed by atoms with van der Waals surface area (Å²) in [5.41, 5.74) is 3.58. The first-order valence-electron chi connectivity index (χ1n) is 15.6. The maximum atomic E-state index is 13.7. The van der Waals surface area contributed by atoms with Crippen LogP contribution in [0.25, 0.3) is 11.1 Å². The van der Waals surface area contributed by atoms with Gasteiger partial charge in [-0.1, -0.05) is 51.1 Å². The van der Waals surface area contributed by atoms with Crippen molar-refractivity contribution in [1.29, 1.82) is 0 Å². The molecule has 242 valence electrons. The van der Waals surface area contributed by atoms with Crippen molar-refractivity contribution >= 4 is 20.4 Å². The SMILES string of the molecule is COC(=O)c1ccccc1-c1ccc2c(c1)CC[C@H](CN(C[C@@H](O[Si](C)(C)C(C)(C)C)c1cccnc1)C(=O)OC(C)(C)C)O2. The molecule has 0 saturated heterocycles. The minimum atomic E-state index is -2.21. The van der Waals surface area contributed by atoms with Crippen molar-refractivity contribution in [2.45, 2.75) is 90.3 Å². The van der Waals surface area contributed by atoms with Crippen molar-refractivity contribution in [1.82, 2.24) is 9.88 Å². The number of ether oxygens (including phenoxy) is 3. The number of carbonyl (C=O) groups is 2. The fourth-order valence-corrected chi connectivity index (χ4v) is 6.34. The number of nitrogens with zero attached hydrogens (tertiary/aromatic N) is 2. The van der Waals surface area contributed by atoms with Gasteiger partial charge in [0.25, 0.3) is 0 Å². The molecule has 4 rings (SSSR count). The number of hydrogen-bond acceptors (Lipinski definition) is 7. The maximum Gasteiger partial charge on any atom is 0.410 e. The number of rotatable bonds is 9. The zero-order chi connectivity index (χ0) is 33.0. The van der Waals surface area contributed by atoms with Gasteiger partial charge in [0.2, 0.25) is 0 Å². The Bertz CT molecular complexity index is 1480. The Balaban J connectivity index is 1.59. The highest BCUT2D eigenvalue weighted by Crippen LogP contribution is 2.40. The van der Waals surface area contributed by atoms with E-state index in [1.54, 1.807) is 17.2 Å². The maximum absolute atomic E-state index is 13.7. The molecule has 8 nitrogen and oxygen atoms in total. The summed E-state index contributed by atoms with van der Waals surface area (Å²) in [4.78, 5) is 32.1. The molecule has 0 saturated carbocycles. The third-order valence-electron chi connectivity index (χ3n) is 8.49. The monoisotopic (exact) mass is 632 g/mol. The van der Waals surface area contributed by atoms with Crippen LogP contribution in [0.2, 0.25) is 18.1 Å². The summed E-state index contributed by atoms with van der Waals surface area (Å²) in [5.74, 6) is 0.403. The molecule has 1 aliphatic rings. The molecule has 2 aromatic carbocycles. The van der Waals surface area contributed by atoms with Gasteiger partial charge in [-0.25, -0.2) is 9.59 Å². The molecule has 9 heteroatoms. The fourth-order valence-electron chi connectivity index (χ4n) is 5.07. The van der Waals surface area contributed by atoms with Crippen LogP contribution in [0.4, 0.5) is 4.79 Å². The summed E-state index contributed by atoms with van der Waals surface area (Å²) in [5, 5.41) is -0.0172. The molecule has 0 aliphatic carbocycles. The van der Waals surface area contributed by atoms with Crippen molar-refractivity contribution in [3.8, 4) is 16.9 Å². The standard InChI is InChI=1S/C36H48N2O6Si/c1-35(2,3)43-34(40)38(24-32(27-13-12-20-37-22-27)44-45(8,9)36(4,5)6)23-28-18-16-26-21-25(17-19-31(26)42-28)29-14-10-11-15-30(29)33(39)41-7/h10-15,17,19-22,28,32H,16,18,23-24H2,1-9H3/t28-,32-/m1/s1.